The summed E-state index contributed by atoms with van der Waals surface area (Å²) in [5.74, 6) is 0.634. The van der Waals surface area contributed by atoms with E-state index >= 15 is 0 Å². The first-order valence-electron chi connectivity index (χ1n) is 6.80. The van der Waals surface area contributed by atoms with Crippen molar-refractivity contribution in [3.8, 4) is 16.2 Å². The highest BCUT2D eigenvalue weighted by Crippen LogP contribution is 2.36. The first-order valence-corrected chi connectivity index (χ1v) is 7.62. The van der Waals surface area contributed by atoms with Gasteiger partial charge in [-0.2, -0.15) is 0 Å². The third-order valence-corrected chi connectivity index (χ3v) is 4.37. The van der Waals surface area contributed by atoms with Crippen LogP contribution in [0.1, 0.15) is 9.67 Å². The van der Waals surface area contributed by atoms with Crippen molar-refractivity contribution in [3.05, 3.63) is 41.3 Å². The number of benzene rings is 1. The Morgan fingerprint density at radius 2 is 2.05 bits per heavy atom. The van der Waals surface area contributed by atoms with Crippen LogP contribution in [0.5, 0.6) is 5.75 Å². The van der Waals surface area contributed by atoms with Crippen LogP contribution in [0.15, 0.2) is 36.4 Å². The topological polar surface area (TPSA) is 41.6 Å². The van der Waals surface area contributed by atoms with E-state index < -0.39 is 0 Å². The molecule has 1 aromatic carbocycles. The highest BCUT2D eigenvalue weighted by molar-refractivity contribution is 7.17. The predicted octanol–water partition coefficient (Wildman–Crippen LogP) is 2.72. The summed E-state index contributed by atoms with van der Waals surface area (Å²) in [7, 11) is 5.28. The van der Waals surface area contributed by atoms with Crippen molar-refractivity contribution in [3.63, 3.8) is 0 Å². The van der Waals surface area contributed by atoms with Gasteiger partial charge in [0.05, 0.1) is 7.11 Å². The summed E-state index contributed by atoms with van der Waals surface area (Å²) in [5.41, 5.74) is 1.10. The Kier molecular flexibility index (Phi) is 5.36. The molecule has 0 bridgehead atoms. The molecule has 112 valence electrons. The predicted molar refractivity (Wildman–Crippen MR) is 87.2 cm³/mol. The Morgan fingerprint density at radius 3 is 2.67 bits per heavy atom. The lowest BCUT2D eigenvalue weighted by Gasteiger charge is -2.16. The van der Waals surface area contributed by atoms with Crippen molar-refractivity contribution in [2.45, 2.75) is 0 Å². The van der Waals surface area contributed by atoms with Crippen LogP contribution in [0.2, 0.25) is 0 Å². The maximum atomic E-state index is 12.5. The van der Waals surface area contributed by atoms with Gasteiger partial charge in [-0.25, -0.2) is 0 Å². The molecule has 0 radical (unpaired) electrons. The molecule has 0 saturated heterocycles. The summed E-state index contributed by atoms with van der Waals surface area (Å²) in [5, 5.41) is 3.04. The van der Waals surface area contributed by atoms with Gasteiger partial charge in [-0.3, -0.25) is 4.79 Å². The Hall–Kier alpha value is -1.85. The highest BCUT2D eigenvalue weighted by Gasteiger charge is 2.20. The van der Waals surface area contributed by atoms with E-state index in [2.05, 4.69) is 5.32 Å². The average molecular weight is 304 g/mol. The second-order valence-electron chi connectivity index (χ2n) is 4.70. The number of rotatable bonds is 6. The van der Waals surface area contributed by atoms with Crippen molar-refractivity contribution in [1.82, 2.24) is 10.2 Å². The number of ether oxygens (including phenoxy) is 1. The van der Waals surface area contributed by atoms with E-state index in [1.165, 1.54) is 11.3 Å². The number of carbonyl (C=O) groups excluding carboxylic acids is 1. The average Bonchev–Trinajstić information content (AvgIpc) is 2.97. The summed E-state index contributed by atoms with van der Waals surface area (Å²) in [4.78, 5) is 15.9. The first kappa shape index (κ1) is 15.5. The molecular weight excluding hydrogens is 284 g/mol. The molecule has 1 aromatic heterocycles. The normalized spacial score (nSPS) is 10.4. The molecule has 0 unspecified atom stereocenters. The van der Waals surface area contributed by atoms with Crippen LogP contribution in [0.4, 0.5) is 0 Å². The number of carbonyl (C=O) groups is 1. The lowest BCUT2D eigenvalue weighted by molar-refractivity contribution is 0.0798. The lowest BCUT2D eigenvalue weighted by atomic mass is 10.2. The zero-order valence-electron chi connectivity index (χ0n) is 12.6. The fourth-order valence-electron chi connectivity index (χ4n) is 1.97. The maximum Gasteiger partial charge on any atom is 0.267 e. The smallest absolute Gasteiger partial charge is 0.267 e. The summed E-state index contributed by atoms with van der Waals surface area (Å²) in [6, 6.07) is 11.9. The van der Waals surface area contributed by atoms with Crippen LogP contribution in [-0.4, -0.2) is 45.1 Å². The molecule has 1 amide bonds. The van der Waals surface area contributed by atoms with Gasteiger partial charge in [0, 0.05) is 25.0 Å². The molecule has 0 saturated carbocycles. The number of thiophene rings is 1. The number of likely N-dealkylation sites (N-methyl/N-ethyl adjacent to an activating group) is 2. The maximum absolute atomic E-state index is 12.5. The van der Waals surface area contributed by atoms with E-state index in [0.717, 1.165) is 17.0 Å². The lowest BCUT2D eigenvalue weighted by Crippen LogP contribution is -2.32. The molecular formula is C16H20N2O2S. The molecule has 21 heavy (non-hydrogen) atoms. The Balaban J connectivity index is 2.27. The molecule has 1 N–H and O–H groups in total. The Labute approximate surface area is 129 Å². The van der Waals surface area contributed by atoms with Crippen LogP contribution >= 0.6 is 11.3 Å². The number of nitrogens with zero attached hydrogens (tertiary/aromatic N) is 1. The van der Waals surface area contributed by atoms with E-state index in [4.69, 9.17) is 4.74 Å². The van der Waals surface area contributed by atoms with Gasteiger partial charge < -0.3 is 15.0 Å². The monoisotopic (exact) mass is 304 g/mol. The standard InChI is InChI=1S/C16H20N2O2S/c1-17-9-10-18(2)16(19)15-13(20-3)11-14(21-15)12-7-5-4-6-8-12/h4-8,11,17H,9-10H2,1-3H3. The fourth-order valence-corrected chi connectivity index (χ4v) is 3.10. The molecule has 0 spiro atoms. The second kappa shape index (κ2) is 7.24. The first-order chi connectivity index (χ1) is 10.2. The minimum atomic E-state index is -0.00530. The summed E-state index contributed by atoms with van der Waals surface area (Å²) in [6.45, 7) is 1.43. The molecule has 1 heterocycles. The minimum absolute atomic E-state index is 0.00530. The number of nitrogens with one attached hydrogen (secondary N) is 1. The number of methoxy groups -OCH3 is 1. The van der Waals surface area contributed by atoms with E-state index in [1.54, 1.807) is 19.1 Å². The van der Waals surface area contributed by atoms with Crippen molar-refractivity contribution in [2.24, 2.45) is 0 Å². The molecule has 0 aliphatic rings. The second-order valence-corrected chi connectivity index (χ2v) is 5.76. The quantitative estimate of drug-likeness (QED) is 0.892. The SMILES string of the molecule is CNCCN(C)C(=O)c1sc(-c2ccccc2)cc1OC. The van der Waals surface area contributed by atoms with E-state index in [9.17, 15) is 4.79 Å². The molecule has 5 heteroatoms. The van der Waals surface area contributed by atoms with Crippen LogP contribution in [0.25, 0.3) is 10.4 Å². The van der Waals surface area contributed by atoms with Crippen LogP contribution in [0.3, 0.4) is 0 Å². The molecule has 0 fully saturated rings. The van der Waals surface area contributed by atoms with Gasteiger partial charge in [-0.05, 0) is 18.7 Å². The molecule has 0 aliphatic heterocycles. The molecule has 4 nitrogen and oxygen atoms in total. The molecule has 0 aliphatic carbocycles. The summed E-state index contributed by atoms with van der Waals surface area (Å²) < 4.78 is 5.37. The van der Waals surface area contributed by atoms with Crippen LogP contribution in [0, 0.1) is 0 Å². The molecule has 2 rings (SSSR count). The third-order valence-electron chi connectivity index (χ3n) is 3.21. The number of hydrogen-bond donors (Lipinski definition) is 1. The van der Waals surface area contributed by atoms with Gasteiger partial charge in [-0.1, -0.05) is 30.3 Å². The third kappa shape index (κ3) is 3.62. The van der Waals surface area contributed by atoms with Gasteiger partial charge in [-0.15, -0.1) is 11.3 Å². The minimum Gasteiger partial charge on any atom is -0.495 e. The van der Waals surface area contributed by atoms with Crippen LogP contribution in [-0.2, 0) is 0 Å². The summed E-state index contributed by atoms with van der Waals surface area (Å²) >= 11 is 1.47. The van der Waals surface area contributed by atoms with Crippen molar-refractivity contribution in [1.29, 1.82) is 0 Å². The zero-order valence-corrected chi connectivity index (χ0v) is 13.4. The highest BCUT2D eigenvalue weighted by atomic mass is 32.1. The van der Waals surface area contributed by atoms with Crippen molar-refractivity contribution in [2.75, 3.05) is 34.3 Å². The van der Waals surface area contributed by atoms with Gasteiger partial charge in [0.1, 0.15) is 10.6 Å². The van der Waals surface area contributed by atoms with Crippen molar-refractivity contribution >= 4 is 17.2 Å². The van der Waals surface area contributed by atoms with Gasteiger partial charge >= 0.3 is 0 Å². The van der Waals surface area contributed by atoms with Crippen molar-refractivity contribution < 1.29 is 9.53 Å². The zero-order chi connectivity index (χ0) is 15.2. The van der Waals surface area contributed by atoms with E-state index in [-0.39, 0.29) is 5.91 Å². The largest absolute Gasteiger partial charge is 0.495 e. The Bertz CT molecular complexity index is 596. The fraction of sp³-hybridized carbons (Fsp3) is 0.312. The van der Waals surface area contributed by atoms with E-state index in [1.807, 2.05) is 43.4 Å². The number of hydrogen-bond acceptors (Lipinski definition) is 4. The molecule has 0 atom stereocenters. The van der Waals surface area contributed by atoms with Gasteiger partial charge in [0.15, 0.2) is 0 Å². The Morgan fingerprint density at radius 1 is 1.33 bits per heavy atom. The number of amides is 1. The van der Waals surface area contributed by atoms with E-state index in [0.29, 0.717) is 17.2 Å². The summed E-state index contributed by atoms with van der Waals surface area (Å²) in [6.07, 6.45) is 0. The van der Waals surface area contributed by atoms with Gasteiger partial charge in [0.2, 0.25) is 0 Å². The van der Waals surface area contributed by atoms with Crippen LogP contribution < -0.4 is 10.1 Å². The molecule has 2 aromatic rings. The van der Waals surface area contributed by atoms with Gasteiger partial charge in [0.25, 0.3) is 5.91 Å².